The van der Waals surface area contributed by atoms with Crippen LogP contribution in [-0.4, -0.2) is 17.7 Å². The first-order valence-corrected chi connectivity index (χ1v) is 4.60. The molecule has 0 aliphatic carbocycles. The second kappa shape index (κ2) is 3.11. The quantitative estimate of drug-likeness (QED) is 0.517. The number of fused-ring (bicyclic) bond motifs is 1. The molecular weight excluding hydrogens is 147 g/mol. The molecule has 0 bridgehead atoms. The zero-order valence-corrected chi connectivity index (χ0v) is 7.32. The summed E-state index contributed by atoms with van der Waals surface area (Å²) >= 11 is 4.04. The zero-order chi connectivity index (χ0) is 7.68. The summed E-state index contributed by atoms with van der Waals surface area (Å²) in [5.41, 5.74) is 1.46. The van der Waals surface area contributed by atoms with Crippen LogP contribution in [0.1, 0.15) is 5.56 Å². The molecule has 2 heteroatoms. The molecule has 1 heterocycles. The van der Waals surface area contributed by atoms with E-state index in [4.69, 9.17) is 0 Å². The van der Waals surface area contributed by atoms with Gasteiger partial charge in [-0.25, -0.2) is 0 Å². The van der Waals surface area contributed by atoms with Crippen molar-refractivity contribution in [1.29, 1.82) is 0 Å². The van der Waals surface area contributed by atoms with Crippen molar-refractivity contribution in [3.8, 4) is 0 Å². The van der Waals surface area contributed by atoms with Gasteiger partial charge in [0.05, 0.1) is 0 Å². The van der Waals surface area contributed by atoms with Crippen LogP contribution in [0.25, 0.3) is 0 Å². The molecule has 1 aromatic carbocycles. The third-order valence-corrected chi connectivity index (χ3v) is 2.96. The van der Waals surface area contributed by atoms with Crippen LogP contribution in [0.3, 0.4) is 0 Å². The van der Waals surface area contributed by atoms with Crippen LogP contribution in [0.5, 0.6) is 0 Å². The molecule has 1 aliphatic rings. The van der Waals surface area contributed by atoms with Gasteiger partial charge in [-0.1, -0.05) is 0 Å². The van der Waals surface area contributed by atoms with E-state index in [2.05, 4.69) is 48.1 Å². The van der Waals surface area contributed by atoms with Crippen molar-refractivity contribution in [3.05, 3.63) is 39.5 Å². The van der Waals surface area contributed by atoms with Crippen molar-refractivity contribution in [1.82, 2.24) is 0 Å². The molecule has 0 atom stereocenters. The van der Waals surface area contributed by atoms with Crippen LogP contribution in [0.2, 0.25) is 0 Å². The van der Waals surface area contributed by atoms with Crippen LogP contribution in [-0.2, 0) is 6.42 Å². The summed E-state index contributed by atoms with van der Waals surface area (Å²) in [5.74, 6) is 0. The first-order valence-electron chi connectivity index (χ1n) is 3.79. The summed E-state index contributed by atoms with van der Waals surface area (Å²) in [5, 5.41) is 0. The Kier molecular flexibility index (Phi) is 2.13. The number of allylic oxidation sites excluding steroid dienone is 1. The molecule has 0 aromatic heterocycles. The molecule has 2 rings (SSSR count). The van der Waals surface area contributed by atoms with E-state index in [0.29, 0.717) is 0 Å². The Hall–Kier alpha value is -0.0926. The van der Waals surface area contributed by atoms with E-state index in [1.54, 1.807) is 0 Å². The van der Waals surface area contributed by atoms with Crippen molar-refractivity contribution in [2.24, 2.45) is 0 Å². The maximum absolute atomic E-state index is 2.28. The molecule has 1 aliphatic heterocycles. The summed E-state index contributed by atoms with van der Waals surface area (Å²) in [4.78, 5) is 1.42. The van der Waals surface area contributed by atoms with Gasteiger partial charge in [-0.15, -0.1) is 0 Å². The van der Waals surface area contributed by atoms with E-state index in [9.17, 15) is 0 Å². The van der Waals surface area contributed by atoms with Crippen LogP contribution in [0.4, 0.5) is 0 Å². The van der Waals surface area contributed by atoms with Gasteiger partial charge in [0.15, 0.2) is 0 Å². The van der Waals surface area contributed by atoms with Crippen LogP contribution >= 0.6 is 11.8 Å². The van der Waals surface area contributed by atoms with Crippen molar-refractivity contribution in [2.75, 3.05) is 0 Å². The molecule has 0 radical (unpaired) electrons. The average molecular weight is 154 g/mol. The molecular formula is C9H7LiS. The molecule has 11 heavy (non-hydrogen) atoms. The third-order valence-electron chi connectivity index (χ3n) is 1.85. The summed E-state index contributed by atoms with van der Waals surface area (Å²) in [7, 11) is 0. The summed E-state index contributed by atoms with van der Waals surface area (Å²) in [6.07, 6.45) is 3.39. The van der Waals surface area contributed by atoms with E-state index in [1.165, 1.54) is 14.0 Å². The average Bonchev–Trinajstić information content (AvgIpc) is 2.04. The molecule has 0 fully saturated rings. The van der Waals surface area contributed by atoms with E-state index in [-0.39, 0.29) is 0 Å². The maximum atomic E-state index is 2.28. The molecule has 0 saturated heterocycles. The number of thioether (sulfide) groups is 1. The Balaban J connectivity index is 2.42. The SMILES string of the molecule is [Li][C]1=CCc2ccccc2S1. The first-order chi connectivity index (χ1) is 5.36. The van der Waals surface area contributed by atoms with Gasteiger partial charge in [-0.2, -0.15) is 0 Å². The van der Waals surface area contributed by atoms with Gasteiger partial charge in [0.25, 0.3) is 0 Å². The third kappa shape index (κ3) is 1.56. The van der Waals surface area contributed by atoms with Gasteiger partial charge in [0.1, 0.15) is 0 Å². The Labute approximate surface area is 80.3 Å². The van der Waals surface area contributed by atoms with Gasteiger partial charge >= 0.3 is 80.3 Å². The Bertz CT molecular complexity index is 304. The van der Waals surface area contributed by atoms with Crippen molar-refractivity contribution >= 4 is 29.5 Å². The Morgan fingerprint density at radius 1 is 1.27 bits per heavy atom. The van der Waals surface area contributed by atoms with Crippen LogP contribution < -0.4 is 0 Å². The molecule has 0 amide bonds. The standard InChI is InChI=1S/C9H7S.Li/c1-2-6-9-8(4-1)5-3-7-10-9;/h1-4,6H,5H2;. The zero-order valence-electron chi connectivity index (χ0n) is 6.50. The molecule has 0 spiro atoms. The van der Waals surface area contributed by atoms with Gasteiger partial charge in [0.2, 0.25) is 0 Å². The monoisotopic (exact) mass is 154 g/mol. The fourth-order valence-corrected chi connectivity index (χ4v) is 2.18. The molecule has 1 aromatic rings. The summed E-state index contributed by atoms with van der Waals surface area (Å²) in [6, 6.07) is 8.60. The number of hydrogen-bond acceptors (Lipinski definition) is 1. The fourth-order valence-electron chi connectivity index (χ4n) is 1.24. The van der Waals surface area contributed by atoms with Crippen molar-refractivity contribution < 1.29 is 0 Å². The van der Waals surface area contributed by atoms with E-state index < -0.39 is 0 Å². The molecule has 0 N–H and O–H groups in total. The van der Waals surface area contributed by atoms with E-state index in [1.807, 2.05) is 11.8 Å². The van der Waals surface area contributed by atoms with E-state index in [0.717, 1.165) is 6.42 Å². The number of benzene rings is 1. The Morgan fingerprint density at radius 3 is 3.00 bits per heavy atom. The minimum atomic E-state index is 1.11. The van der Waals surface area contributed by atoms with Gasteiger partial charge in [0, 0.05) is 0 Å². The number of hydrogen-bond donors (Lipinski definition) is 0. The van der Waals surface area contributed by atoms with E-state index >= 15 is 0 Å². The normalized spacial score (nSPS) is 15.6. The first kappa shape index (κ1) is 7.55. The van der Waals surface area contributed by atoms with Gasteiger partial charge in [-0.3, -0.25) is 0 Å². The predicted octanol–water partition coefficient (Wildman–Crippen LogP) is 2.34. The van der Waals surface area contributed by atoms with Gasteiger partial charge < -0.3 is 0 Å². The second-order valence-electron chi connectivity index (χ2n) is 2.73. The molecule has 50 valence electrons. The minimum absolute atomic E-state index is 1.11. The van der Waals surface area contributed by atoms with Gasteiger partial charge in [-0.05, 0) is 0 Å². The second-order valence-corrected chi connectivity index (χ2v) is 4.02. The summed E-state index contributed by atoms with van der Waals surface area (Å²) in [6.45, 7) is 0. The van der Waals surface area contributed by atoms with Crippen LogP contribution in [0, 0.1) is 0 Å². The van der Waals surface area contributed by atoms with Crippen molar-refractivity contribution in [2.45, 2.75) is 11.3 Å². The summed E-state index contributed by atoms with van der Waals surface area (Å²) < 4.78 is 1.42. The number of rotatable bonds is 0. The Morgan fingerprint density at radius 2 is 2.09 bits per heavy atom. The predicted molar refractivity (Wildman–Crippen MR) is 49.8 cm³/mol. The molecule has 0 nitrogen and oxygen atoms in total. The fraction of sp³-hybridized carbons (Fsp3) is 0.111. The molecule has 0 saturated carbocycles. The molecule has 0 unspecified atom stereocenters. The van der Waals surface area contributed by atoms with Crippen molar-refractivity contribution in [3.63, 3.8) is 0 Å². The topological polar surface area (TPSA) is 0 Å². The van der Waals surface area contributed by atoms with Crippen LogP contribution in [0.15, 0.2) is 38.8 Å².